The lowest BCUT2D eigenvalue weighted by Gasteiger charge is -2.00. The van der Waals surface area contributed by atoms with E-state index in [1.165, 1.54) is 0 Å². The number of hydrogen-bond donors (Lipinski definition) is 1. The molecule has 0 aromatic carbocycles. The Kier molecular flexibility index (Phi) is 2.94. The summed E-state index contributed by atoms with van der Waals surface area (Å²) in [6, 6.07) is 3.70. The molecule has 1 heterocycles. The highest BCUT2D eigenvalue weighted by Crippen LogP contribution is 2.20. The van der Waals surface area contributed by atoms with Gasteiger partial charge in [-0.05, 0) is 11.8 Å². The van der Waals surface area contributed by atoms with E-state index in [1.807, 2.05) is 6.92 Å². The van der Waals surface area contributed by atoms with Crippen LogP contribution in [0.5, 0.6) is 0 Å². The minimum absolute atomic E-state index is 0.534. The molecule has 0 saturated carbocycles. The SMILES string of the molecule is CCSc1ncc(N)cc1C#N. The van der Waals surface area contributed by atoms with Gasteiger partial charge in [-0.1, -0.05) is 6.92 Å². The van der Waals surface area contributed by atoms with Gasteiger partial charge in [0.15, 0.2) is 0 Å². The summed E-state index contributed by atoms with van der Waals surface area (Å²) in [5.41, 5.74) is 6.57. The fourth-order valence-corrected chi connectivity index (χ4v) is 1.46. The van der Waals surface area contributed by atoms with Gasteiger partial charge in [-0.2, -0.15) is 5.26 Å². The molecule has 0 amide bonds. The molecule has 0 bridgehead atoms. The van der Waals surface area contributed by atoms with E-state index in [4.69, 9.17) is 11.0 Å². The van der Waals surface area contributed by atoms with Crippen LogP contribution in [0.25, 0.3) is 0 Å². The first-order valence-corrected chi connectivity index (χ1v) is 4.55. The number of hydrogen-bond acceptors (Lipinski definition) is 4. The maximum Gasteiger partial charge on any atom is 0.114 e. The molecule has 1 rings (SSSR count). The molecule has 0 aliphatic carbocycles. The van der Waals surface area contributed by atoms with E-state index < -0.39 is 0 Å². The van der Waals surface area contributed by atoms with E-state index in [9.17, 15) is 0 Å². The standard InChI is InChI=1S/C8H9N3S/c1-2-12-8-6(4-9)3-7(10)5-11-8/h3,5H,2,10H2,1H3. The first-order chi connectivity index (χ1) is 5.77. The summed E-state index contributed by atoms with van der Waals surface area (Å²) < 4.78 is 0. The maximum atomic E-state index is 8.71. The molecule has 0 atom stereocenters. The average Bonchev–Trinajstić information content (AvgIpc) is 2.08. The van der Waals surface area contributed by atoms with Gasteiger partial charge < -0.3 is 5.73 Å². The van der Waals surface area contributed by atoms with E-state index in [0.29, 0.717) is 11.3 Å². The van der Waals surface area contributed by atoms with Gasteiger partial charge in [0.1, 0.15) is 11.1 Å². The van der Waals surface area contributed by atoms with Crippen LogP contribution in [-0.4, -0.2) is 10.7 Å². The Hall–Kier alpha value is -1.21. The number of aromatic nitrogens is 1. The van der Waals surface area contributed by atoms with Gasteiger partial charge >= 0.3 is 0 Å². The number of nitriles is 1. The molecule has 2 N–H and O–H groups in total. The average molecular weight is 179 g/mol. The Morgan fingerprint density at radius 1 is 1.75 bits per heavy atom. The molecule has 1 aromatic heterocycles. The van der Waals surface area contributed by atoms with Crippen molar-refractivity contribution in [3.8, 4) is 6.07 Å². The summed E-state index contributed by atoms with van der Waals surface area (Å²) in [6.07, 6.45) is 1.57. The summed E-state index contributed by atoms with van der Waals surface area (Å²) in [5, 5.41) is 9.47. The highest BCUT2D eigenvalue weighted by atomic mass is 32.2. The number of thioether (sulfide) groups is 1. The molecule has 0 unspecified atom stereocenters. The highest BCUT2D eigenvalue weighted by molar-refractivity contribution is 7.99. The molecule has 0 radical (unpaired) electrons. The minimum Gasteiger partial charge on any atom is -0.397 e. The smallest absolute Gasteiger partial charge is 0.114 e. The predicted octanol–water partition coefficient (Wildman–Crippen LogP) is 1.65. The van der Waals surface area contributed by atoms with Crippen LogP contribution < -0.4 is 5.73 Å². The fraction of sp³-hybridized carbons (Fsp3) is 0.250. The van der Waals surface area contributed by atoms with Crippen molar-refractivity contribution in [2.45, 2.75) is 11.9 Å². The second-order valence-corrected chi connectivity index (χ2v) is 3.42. The molecule has 1 aromatic rings. The van der Waals surface area contributed by atoms with Crippen LogP contribution in [0.4, 0.5) is 5.69 Å². The molecule has 0 aliphatic heterocycles. The third kappa shape index (κ3) is 1.89. The number of pyridine rings is 1. The van der Waals surface area contributed by atoms with Crippen LogP contribution in [-0.2, 0) is 0 Å². The van der Waals surface area contributed by atoms with Crippen molar-refractivity contribution in [1.82, 2.24) is 4.98 Å². The number of nitrogens with two attached hydrogens (primary N) is 1. The Labute approximate surface area is 75.6 Å². The Morgan fingerprint density at radius 2 is 2.50 bits per heavy atom. The van der Waals surface area contributed by atoms with Gasteiger partial charge in [0.2, 0.25) is 0 Å². The van der Waals surface area contributed by atoms with Crippen molar-refractivity contribution < 1.29 is 0 Å². The van der Waals surface area contributed by atoms with Gasteiger partial charge in [0.05, 0.1) is 17.4 Å². The molecule has 0 aliphatic rings. The van der Waals surface area contributed by atoms with E-state index in [0.717, 1.165) is 10.8 Å². The Morgan fingerprint density at radius 3 is 3.08 bits per heavy atom. The van der Waals surface area contributed by atoms with Crippen LogP contribution in [0.1, 0.15) is 12.5 Å². The van der Waals surface area contributed by atoms with E-state index in [2.05, 4.69) is 11.1 Å². The van der Waals surface area contributed by atoms with Crippen LogP contribution >= 0.6 is 11.8 Å². The monoisotopic (exact) mass is 179 g/mol. The molecule has 3 nitrogen and oxygen atoms in total. The number of rotatable bonds is 2. The van der Waals surface area contributed by atoms with Crippen molar-refractivity contribution in [3.63, 3.8) is 0 Å². The zero-order chi connectivity index (χ0) is 8.97. The highest BCUT2D eigenvalue weighted by Gasteiger charge is 2.02. The largest absolute Gasteiger partial charge is 0.397 e. The topological polar surface area (TPSA) is 62.7 Å². The first-order valence-electron chi connectivity index (χ1n) is 3.56. The van der Waals surface area contributed by atoms with Crippen molar-refractivity contribution in [2.24, 2.45) is 0 Å². The second-order valence-electron chi connectivity index (χ2n) is 2.17. The summed E-state index contributed by atoms with van der Waals surface area (Å²) in [7, 11) is 0. The summed E-state index contributed by atoms with van der Waals surface area (Å²) in [5.74, 6) is 0.908. The fourth-order valence-electron chi connectivity index (χ4n) is 0.800. The molecule has 62 valence electrons. The van der Waals surface area contributed by atoms with Crippen LogP contribution in [0, 0.1) is 11.3 Å². The second kappa shape index (κ2) is 3.98. The van der Waals surface area contributed by atoms with Crippen molar-refractivity contribution >= 4 is 17.4 Å². The molecule has 0 spiro atoms. The van der Waals surface area contributed by atoms with E-state index in [-0.39, 0.29) is 0 Å². The van der Waals surface area contributed by atoms with Crippen LogP contribution in [0.15, 0.2) is 17.3 Å². The lowest BCUT2D eigenvalue weighted by molar-refractivity contribution is 1.11. The first kappa shape index (κ1) is 8.88. The Balaban J connectivity index is 3.05. The molecule has 0 fully saturated rings. The Bertz CT molecular complexity index is 317. The number of anilines is 1. The molecule has 0 saturated heterocycles. The third-order valence-corrected chi connectivity index (χ3v) is 2.16. The summed E-state index contributed by atoms with van der Waals surface area (Å²) >= 11 is 1.55. The summed E-state index contributed by atoms with van der Waals surface area (Å²) in [4.78, 5) is 4.05. The van der Waals surface area contributed by atoms with Gasteiger partial charge in [-0.25, -0.2) is 4.98 Å². The third-order valence-electron chi connectivity index (χ3n) is 1.27. The lowest BCUT2D eigenvalue weighted by Crippen LogP contribution is -1.91. The van der Waals surface area contributed by atoms with Gasteiger partial charge in [-0.3, -0.25) is 0 Å². The zero-order valence-electron chi connectivity index (χ0n) is 6.74. The minimum atomic E-state index is 0.534. The van der Waals surface area contributed by atoms with Crippen LogP contribution in [0.2, 0.25) is 0 Å². The maximum absolute atomic E-state index is 8.71. The van der Waals surface area contributed by atoms with Gasteiger partial charge in [-0.15, -0.1) is 11.8 Å². The van der Waals surface area contributed by atoms with Gasteiger partial charge in [0.25, 0.3) is 0 Å². The van der Waals surface area contributed by atoms with Gasteiger partial charge in [0, 0.05) is 0 Å². The molecule has 12 heavy (non-hydrogen) atoms. The van der Waals surface area contributed by atoms with E-state index in [1.54, 1.807) is 24.0 Å². The number of nitrogen functional groups attached to an aromatic ring is 1. The summed E-state index contributed by atoms with van der Waals surface area (Å²) in [6.45, 7) is 2.02. The number of nitrogens with zero attached hydrogens (tertiary/aromatic N) is 2. The molecule has 4 heteroatoms. The van der Waals surface area contributed by atoms with Crippen molar-refractivity contribution in [3.05, 3.63) is 17.8 Å². The zero-order valence-corrected chi connectivity index (χ0v) is 7.56. The normalized spacial score (nSPS) is 9.33. The molecular weight excluding hydrogens is 170 g/mol. The predicted molar refractivity (Wildman–Crippen MR) is 49.8 cm³/mol. The van der Waals surface area contributed by atoms with Crippen molar-refractivity contribution in [2.75, 3.05) is 11.5 Å². The molecular formula is C8H9N3S. The van der Waals surface area contributed by atoms with Crippen molar-refractivity contribution in [1.29, 1.82) is 5.26 Å². The van der Waals surface area contributed by atoms with Crippen LogP contribution in [0.3, 0.4) is 0 Å². The van der Waals surface area contributed by atoms with E-state index >= 15 is 0 Å². The quantitative estimate of drug-likeness (QED) is 0.701. The lowest BCUT2D eigenvalue weighted by atomic mass is 10.3.